The molecule has 1 aliphatic rings. The lowest BCUT2D eigenvalue weighted by molar-refractivity contribution is 0.268. The summed E-state index contributed by atoms with van der Waals surface area (Å²) in [4.78, 5) is 2.21. The molecule has 1 saturated heterocycles. The number of halogens is 2. The van der Waals surface area contributed by atoms with E-state index in [0.717, 1.165) is 11.3 Å². The topological polar surface area (TPSA) is 52.6 Å². The predicted octanol–water partition coefficient (Wildman–Crippen LogP) is 4.01. The van der Waals surface area contributed by atoms with E-state index < -0.39 is 10.0 Å². The molecule has 2 aromatic rings. The normalized spacial score (nSPS) is 15.6. The summed E-state index contributed by atoms with van der Waals surface area (Å²) in [5, 5.41) is 4.90. The highest BCUT2D eigenvalue weighted by Gasteiger charge is 2.29. The van der Waals surface area contributed by atoms with E-state index in [0.29, 0.717) is 41.3 Å². The Morgan fingerprint density at radius 2 is 1.59 bits per heavy atom. The molecule has 2 aromatic carbocycles. The van der Waals surface area contributed by atoms with Crippen LogP contribution in [0.1, 0.15) is 5.56 Å². The van der Waals surface area contributed by atoms with Gasteiger partial charge in [-0.3, -0.25) is 0 Å². The van der Waals surface area contributed by atoms with E-state index in [1.165, 1.54) is 16.4 Å². The average molecular weight is 444 g/mol. The zero-order valence-corrected chi connectivity index (χ0v) is 17.8. The van der Waals surface area contributed by atoms with Gasteiger partial charge >= 0.3 is 0 Å². The van der Waals surface area contributed by atoms with Crippen LogP contribution in [0.2, 0.25) is 10.0 Å². The number of nitrogens with one attached hydrogen (secondary N) is 1. The van der Waals surface area contributed by atoms with Gasteiger partial charge in [0.25, 0.3) is 0 Å². The molecule has 0 radical (unpaired) electrons. The van der Waals surface area contributed by atoms with Gasteiger partial charge in [-0.2, -0.15) is 4.31 Å². The summed E-state index contributed by atoms with van der Waals surface area (Å²) in [5.74, 6) is 0. The second kappa shape index (κ2) is 8.32. The molecule has 0 atom stereocenters. The van der Waals surface area contributed by atoms with Crippen LogP contribution in [0, 0.1) is 6.92 Å². The highest BCUT2D eigenvalue weighted by molar-refractivity contribution is 7.89. The molecule has 0 saturated carbocycles. The quantitative estimate of drug-likeness (QED) is 0.726. The summed E-state index contributed by atoms with van der Waals surface area (Å²) in [6.45, 7) is 3.72. The molecule has 5 nitrogen and oxygen atoms in total. The minimum Gasteiger partial charge on any atom is -0.346 e. The van der Waals surface area contributed by atoms with E-state index in [2.05, 4.69) is 5.32 Å². The SMILES string of the molecule is Cc1ccc(Cl)cc1NC(=S)N1CCN(S(=O)(=O)c2ccc(Cl)cc2)CC1. The van der Waals surface area contributed by atoms with Crippen molar-refractivity contribution in [1.29, 1.82) is 0 Å². The molecule has 0 bridgehead atoms. The van der Waals surface area contributed by atoms with Crippen molar-refractivity contribution in [2.24, 2.45) is 0 Å². The first-order valence-corrected chi connectivity index (χ1v) is 11.0. The van der Waals surface area contributed by atoms with Crippen molar-refractivity contribution >= 4 is 56.2 Å². The Hall–Kier alpha value is -1.38. The number of aryl methyl sites for hydroxylation is 1. The van der Waals surface area contributed by atoms with Gasteiger partial charge < -0.3 is 10.2 Å². The second-order valence-electron chi connectivity index (χ2n) is 6.23. The lowest BCUT2D eigenvalue weighted by Gasteiger charge is -2.35. The maximum Gasteiger partial charge on any atom is 0.243 e. The lowest BCUT2D eigenvalue weighted by atomic mass is 10.2. The molecule has 1 fully saturated rings. The van der Waals surface area contributed by atoms with Crippen LogP contribution in [-0.4, -0.2) is 48.9 Å². The fourth-order valence-electron chi connectivity index (χ4n) is 2.81. The molecular weight excluding hydrogens is 425 g/mol. The van der Waals surface area contributed by atoms with E-state index in [1.807, 2.05) is 30.0 Å². The van der Waals surface area contributed by atoms with Crippen LogP contribution >= 0.6 is 35.4 Å². The van der Waals surface area contributed by atoms with Crippen molar-refractivity contribution in [3.63, 3.8) is 0 Å². The first kappa shape index (κ1) is 20.4. The van der Waals surface area contributed by atoms with Crippen molar-refractivity contribution in [3.05, 3.63) is 58.1 Å². The molecule has 144 valence electrons. The van der Waals surface area contributed by atoms with Gasteiger partial charge in [0.2, 0.25) is 10.0 Å². The van der Waals surface area contributed by atoms with Gasteiger partial charge in [-0.15, -0.1) is 0 Å². The van der Waals surface area contributed by atoms with Crippen LogP contribution in [-0.2, 0) is 10.0 Å². The first-order valence-electron chi connectivity index (χ1n) is 8.35. The molecule has 3 rings (SSSR count). The number of thiocarbonyl (C=S) groups is 1. The van der Waals surface area contributed by atoms with Crippen LogP contribution in [0.25, 0.3) is 0 Å². The first-order chi connectivity index (χ1) is 12.8. The number of anilines is 1. The van der Waals surface area contributed by atoms with Crippen LogP contribution in [0.3, 0.4) is 0 Å². The van der Waals surface area contributed by atoms with Crippen molar-refractivity contribution < 1.29 is 8.42 Å². The van der Waals surface area contributed by atoms with Gasteiger partial charge in [0.15, 0.2) is 5.11 Å². The van der Waals surface area contributed by atoms with Gasteiger partial charge in [-0.25, -0.2) is 8.42 Å². The van der Waals surface area contributed by atoms with Gasteiger partial charge in [-0.1, -0.05) is 29.3 Å². The van der Waals surface area contributed by atoms with Gasteiger partial charge in [-0.05, 0) is 61.1 Å². The van der Waals surface area contributed by atoms with Crippen molar-refractivity contribution in [2.75, 3.05) is 31.5 Å². The van der Waals surface area contributed by atoms with Gasteiger partial charge in [0, 0.05) is 41.9 Å². The predicted molar refractivity (Wildman–Crippen MR) is 114 cm³/mol. The molecule has 27 heavy (non-hydrogen) atoms. The maximum absolute atomic E-state index is 12.7. The Morgan fingerprint density at radius 3 is 2.22 bits per heavy atom. The fraction of sp³-hybridized carbons (Fsp3) is 0.278. The lowest BCUT2D eigenvalue weighted by Crippen LogP contribution is -2.51. The number of sulfonamides is 1. The number of nitrogens with zero attached hydrogens (tertiary/aromatic N) is 2. The highest BCUT2D eigenvalue weighted by Crippen LogP contribution is 2.22. The summed E-state index contributed by atoms with van der Waals surface area (Å²) >= 11 is 17.4. The third kappa shape index (κ3) is 4.73. The molecule has 1 heterocycles. The molecule has 0 aliphatic carbocycles. The highest BCUT2D eigenvalue weighted by atomic mass is 35.5. The molecule has 0 spiro atoms. The molecule has 0 aromatic heterocycles. The minimum atomic E-state index is -3.53. The summed E-state index contributed by atoms with van der Waals surface area (Å²) in [6.07, 6.45) is 0. The van der Waals surface area contributed by atoms with Crippen molar-refractivity contribution in [1.82, 2.24) is 9.21 Å². The Bertz CT molecular complexity index is 942. The van der Waals surface area contributed by atoms with E-state index in [9.17, 15) is 8.42 Å². The fourth-order valence-corrected chi connectivity index (χ4v) is 4.82. The average Bonchev–Trinajstić information content (AvgIpc) is 2.65. The zero-order chi connectivity index (χ0) is 19.6. The van der Waals surface area contributed by atoms with Crippen LogP contribution in [0.15, 0.2) is 47.4 Å². The Kier molecular flexibility index (Phi) is 6.28. The molecule has 9 heteroatoms. The van der Waals surface area contributed by atoms with Crippen LogP contribution in [0.5, 0.6) is 0 Å². The van der Waals surface area contributed by atoms with E-state index in [1.54, 1.807) is 12.1 Å². The van der Waals surface area contributed by atoms with Crippen molar-refractivity contribution in [3.8, 4) is 0 Å². The van der Waals surface area contributed by atoms with Gasteiger partial charge in [0.05, 0.1) is 4.90 Å². The summed E-state index contributed by atoms with van der Waals surface area (Å²) in [7, 11) is -3.53. The molecule has 0 amide bonds. The third-order valence-corrected chi connectivity index (χ3v) is 7.18. The molecule has 1 aliphatic heterocycles. The molecule has 0 unspecified atom stereocenters. The number of rotatable bonds is 3. The standard InChI is InChI=1S/C18H19Cl2N3O2S2/c1-13-2-3-15(20)12-17(13)21-18(26)22-8-10-23(11-9-22)27(24,25)16-6-4-14(19)5-7-16/h2-7,12H,8-11H2,1H3,(H,21,26). The number of benzene rings is 2. The number of hydrogen-bond donors (Lipinski definition) is 1. The molecule has 1 N–H and O–H groups in total. The number of hydrogen-bond acceptors (Lipinski definition) is 3. The Labute approximate surface area is 174 Å². The summed E-state index contributed by atoms with van der Waals surface area (Å²) < 4.78 is 27.0. The molecular formula is C18H19Cl2N3O2S2. The Morgan fingerprint density at radius 1 is 1.00 bits per heavy atom. The number of piperazine rings is 1. The summed E-state index contributed by atoms with van der Waals surface area (Å²) in [5.41, 5.74) is 1.88. The van der Waals surface area contributed by atoms with Crippen LogP contribution in [0.4, 0.5) is 5.69 Å². The van der Waals surface area contributed by atoms with E-state index in [-0.39, 0.29) is 4.90 Å². The Balaban J connectivity index is 1.63. The minimum absolute atomic E-state index is 0.246. The van der Waals surface area contributed by atoms with Gasteiger partial charge in [0.1, 0.15) is 0 Å². The van der Waals surface area contributed by atoms with Crippen LogP contribution < -0.4 is 5.32 Å². The second-order valence-corrected chi connectivity index (χ2v) is 9.43. The largest absolute Gasteiger partial charge is 0.346 e. The monoisotopic (exact) mass is 443 g/mol. The van der Waals surface area contributed by atoms with Crippen molar-refractivity contribution in [2.45, 2.75) is 11.8 Å². The van der Waals surface area contributed by atoms with E-state index >= 15 is 0 Å². The maximum atomic E-state index is 12.7. The summed E-state index contributed by atoms with van der Waals surface area (Å²) in [6, 6.07) is 11.8. The van der Waals surface area contributed by atoms with E-state index in [4.69, 9.17) is 35.4 Å². The smallest absolute Gasteiger partial charge is 0.243 e. The zero-order valence-electron chi connectivity index (χ0n) is 14.7. The third-order valence-electron chi connectivity index (χ3n) is 4.42.